The highest BCUT2D eigenvalue weighted by Gasteiger charge is 2.20. The Morgan fingerprint density at radius 2 is 2.11 bits per heavy atom. The smallest absolute Gasteiger partial charge is 0.238 e. The fourth-order valence-electron chi connectivity index (χ4n) is 1.94. The molecule has 0 radical (unpaired) electrons. The van der Waals surface area contributed by atoms with Gasteiger partial charge in [-0.25, -0.2) is 0 Å². The molecule has 1 fully saturated rings. The van der Waals surface area contributed by atoms with E-state index in [0.717, 1.165) is 25.2 Å². The van der Waals surface area contributed by atoms with Gasteiger partial charge in [0, 0.05) is 29.8 Å². The zero-order valence-corrected chi connectivity index (χ0v) is 11.5. The number of nitrogens with zero attached hydrogens (tertiary/aromatic N) is 1. The van der Waals surface area contributed by atoms with Crippen molar-refractivity contribution in [1.29, 1.82) is 0 Å². The van der Waals surface area contributed by atoms with Gasteiger partial charge in [0.2, 0.25) is 5.91 Å². The Balaban J connectivity index is 0.00000162. The summed E-state index contributed by atoms with van der Waals surface area (Å²) in [6.07, 6.45) is 0.966. The summed E-state index contributed by atoms with van der Waals surface area (Å²) in [6, 6.07) is 7.29. The zero-order valence-electron chi connectivity index (χ0n) is 9.93. The lowest BCUT2D eigenvalue weighted by atomic mass is 10.3. The quantitative estimate of drug-likeness (QED) is 0.891. The second-order valence-corrected chi connectivity index (χ2v) is 4.78. The summed E-state index contributed by atoms with van der Waals surface area (Å²) in [5, 5.41) is 3.49. The molecular weight excluding hydrogens is 273 g/mol. The van der Waals surface area contributed by atoms with Gasteiger partial charge >= 0.3 is 0 Å². The normalized spacial score (nSPS) is 19.3. The summed E-state index contributed by atoms with van der Waals surface area (Å²) in [4.78, 5) is 13.8. The van der Waals surface area contributed by atoms with Gasteiger partial charge < -0.3 is 11.1 Å². The number of benzene rings is 1. The SMILES string of the molecule is Cl.N[C@@H]1CCN(CC(=O)Nc2ccc(Cl)cc2)C1. The van der Waals surface area contributed by atoms with Gasteiger partial charge in [0.1, 0.15) is 0 Å². The topological polar surface area (TPSA) is 58.4 Å². The molecule has 1 amide bonds. The van der Waals surface area contributed by atoms with Crippen molar-refractivity contribution in [2.75, 3.05) is 25.0 Å². The van der Waals surface area contributed by atoms with E-state index >= 15 is 0 Å². The first-order valence-electron chi connectivity index (χ1n) is 5.67. The molecule has 0 unspecified atom stereocenters. The molecule has 2 rings (SSSR count). The van der Waals surface area contributed by atoms with Crippen molar-refractivity contribution in [1.82, 2.24) is 4.90 Å². The van der Waals surface area contributed by atoms with Crippen LogP contribution in [0.2, 0.25) is 5.02 Å². The average Bonchev–Trinajstić information content (AvgIpc) is 2.67. The monoisotopic (exact) mass is 289 g/mol. The lowest BCUT2D eigenvalue weighted by molar-refractivity contribution is -0.117. The van der Waals surface area contributed by atoms with E-state index in [-0.39, 0.29) is 24.4 Å². The number of nitrogens with two attached hydrogens (primary N) is 1. The van der Waals surface area contributed by atoms with Gasteiger partial charge in [-0.15, -0.1) is 12.4 Å². The third-order valence-electron chi connectivity index (χ3n) is 2.80. The molecule has 3 N–H and O–H groups in total. The summed E-state index contributed by atoms with van der Waals surface area (Å²) >= 11 is 5.77. The van der Waals surface area contributed by atoms with Crippen LogP contribution in [-0.2, 0) is 4.79 Å². The molecule has 1 saturated heterocycles. The predicted molar refractivity (Wildman–Crippen MR) is 76.4 cm³/mol. The molecule has 0 bridgehead atoms. The standard InChI is InChI=1S/C12H16ClN3O.ClH/c13-9-1-3-11(4-2-9)15-12(17)8-16-6-5-10(14)7-16;/h1-4,10H,5-8,14H2,(H,15,17);1H/t10-;/m1./s1. The maximum Gasteiger partial charge on any atom is 0.238 e. The first-order chi connectivity index (χ1) is 8.13. The summed E-state index contributed by atoms with van der Waals surface area (Å²) in [7, 11) is 0. The van der Waals surface area contributed by atoms with Gasteiger partial charge in [-0.2, -0.15) is 0 Å². The number of amides is 1. The molecule has 4 nitrogen and oxygen atoms in total. The molecule has 0 aromatic heterocycles. The molecule has 1 aromatic rings. The summed E-state index contributed by atoms with van der Waals surface area (Å²) < 4.78 is 0. The van der Waals surface area contributed by atoms with Crippen molar-refractivity contribution in [3.8, 4) is 0 Å². The largest absolute Gasteiger partial charge is 0.326 e. The molecule has 0 aliphatic carbocycles. The maximum atomic E-state index is 11.7. The van der Waals surface area contributed by atoms with Crippen LogP contribution in [-0.4, -0.2) is 36.5 Å². The molecule has 1 aliphatic heterocycles. The van der Waals surface area contributed by atoms with Crippen molar-refractivity contribution in [2.24, 2.45) is 5.73 Å². The van der Waals surface area contributed by atoms with Crippen LogP contribution < -0.4 is 11.1 Å². The van der Waals surface area contributed by atoms with Gasteiger partial charge in [0.25, 0.3) is 0 Å². The van der Waals surface area contributed by atoms with E-state index in [2.05, 4.69) is 10.2 Å². The molecule has 1 aliphatic rings. The van der Waals surface area contributed by atoms with Crippen molar-refractivity contribution < 1.29 is 4.79 Å². The van der Waals surface area contributed by atoms with Crippen LogP contribution >= 0.6 is 24.0 Å². The number of likely N-dealkylation sites (tertiary alicyclic amines) is 1. The number of nitrogens with one attached hydrogen (secondary N) is 1. The van der Waals surface area contributed by atoms with E-state index < -0.39 is 0 Å². The van der Waals surface area contributed by atoms with Crippen LogP contribution in [0, 0.1) is 0 Å². The minimum Gasteiger partial charge on any atom is -0.326 e. The number of hydrogen-bond donors (Lipinski definition) is 2. The Bertz CT molecular complexity index is 397. The number of carbonyl (C=O) groups excluding carboxylic acids is 1. The number of rotatable bonds is 3. The summed E-state index contributed by atoms with van der Waals surface area (Å²) in [5.41, 5.74) is 6.55. The number of halogens is 2. The first kappa shape index (κ1) is 15.2. The van der Waals surface area contributed by atoms with Gasteiger partial charge in [-0.1, -0.05) is 11.6 Å². The molecular formula is C12H17Cl2N3O. The predicted octanol–water partition coefficient (Wildman–Crippen LogP) is 1.73. The molecule has 100 valence electrons. The van der Waals surface area contributed by atoms with Crippen molar-refractivity contribution in [3.63, 3.8) is 0 Å². The van der Waals surface area contributed by atoms with Crippen molar-refractivity contribution >= 4 is 35.6 Å². The third-order valence-corrected chi connectivity index (χ3v) is 3.06. The summed E-state index contributed by atoms with van der Waals surface area (Å²) in [5.74, 6) is -0.0126. The first-order valence-corrected chi connectivity index (χ1v) is 6.04. The Kier molecular flexibility index (Phi) is 5.88. The minimum absolute atomic E-state index is 0. The second-order valence-electron chi connectivity index (χ2n) is 4.34. The highest BCUT2D eigenvalue weighted by atomic mass is 35.5. The van der Waals surface area contributed by atoms with E-state index in [1.807, 2.05) is 0 Å². The van der Waals surface area contributed by atoms with Crippen LogP contribution in [0.1, 0.15) is 6.42 Å². The van der Waals surface area contributed by atoms with Gasteiger partial charge in [0.05, 0.1) is 6.54 Å². The fourth-order valence-corrected chi connectivity index (χ4v) is 2.07. The van der Waals surface area contributed by atoms with E-state index in [0.29, 0.717) is 11.6 Å². The molecule has 6 heteroatoms. The van der Waals surface area contributed by atoms with Gasteiger partial charge in [-0.05, 0) is 30.7 Å². The zero-order chi connectivity index (χ0) is 12.3. The minimum atomic E-state index is -0.0126. The Morgan fingerprint density at radius 1 is 1.44 bits per heavy atom. The number of carbonyl (C=O) groups is 1. The number of anilines is 1. The Labute approximate surface area is 118 Å². The van der Waals surface area contributed by atoms with Gasteiger partial charge in [-0.3, -0.25) is 9.69 Å². The second kappa shape index (κ2) is 6.95. The molecule has 0 saturated carbocycles. The molecule has 0 spiro atoms. The lowest BCUT2D eigenvalue weighted by Crippen LogP contribution is -2.33. The van der Waals surface area contributed by atoms with Crippen LogP contribution in [0.15, 0.2) is 24.3 Å². The Morgan fingerprint density at radius 3 is 2.67 bits per heavy atom. The average molecular weight is 290 g/mol. The van der Waals surface area contributed by atoms with Crippen LogP contribution in [0.25, 0.3) is 0 Å². The highest BCUT2D eigenvalue weighted by Crippen LogP contribution is 2.13. The van der Waals surface area contributed by atoms with Gasteiger partial charge in [0.15, 0.2) is 0 Å². The lowest BCUT2D eigenvalue weighted by Gasteiger charge is -2.14. The van der Waals surface area contributed by atoms with Crippen molar-refractivity contribution in [2.45, 2.75) is 12.5 Å². The fraction of sp³-hybridized carbons (Fsp3) is 0.417. The molecule has 1 aromatic carbocycles. The molecule has 18 heavy (non-hydrogen) atoms. The van der Waals surface area contributed by atoms with Crippen molar-refractivity contribution in [3.05, 3.63) is 29.3 Å². The van der Waals surface area contributed by atoms with Crippen LogP contribution in [0.5, 0.6) is 0 Å². The van der Waals surface area contributed by atoms with E-state index in [9.17, 15) is 4.79 Å². The van der Waals surface area contributed by atoms with Crippen LogP contribution in [0.3, 0.4) is 0 Å². The van der Waals surface area contributed by atoms with Crippen LogP contribution in [0.4, 0.5) is 5.69 Å². The van der Waals surface area contributed by atoms with E-state index in [1.165, 1.54) is 0 Å². The van der Waals surface area contributed by atoms with E-state index in [1.54, 1.807) is 24.3 Å². The highest BCUT2D eigenvalue weighted by molar-refractivity contribution is 6.30. The third kappa shape index (κ3) is 4.46. The molecule has 1 heterocycles. The summed E-state index contributed by atoms with van der Waals surface area (Å²) in [6.45, 7) is 2.10. The maximum absolute atomic E-state index is 11.7. The molecule has 1 atom stereocenters. The van der Waals surface area contributed by atoms with E-state index in [4.69, 9.17) is 17.3 Å². The Hall–Kier alpha value is -0.810. The number of hydrogen-bond acceptors (Lipinski definition) is 3.